The van der Waals surface area contributed by atoms with Crippen molar-refractivity contribution in [3.63, 3.8) is 0 Å². The predicted octanol–water partition coefficient (Wildman–Crippen LogP) is 1.96. The molecule has 0 unspecified atom stereocenters. The Morgan fingerprint density at radius 2 is 1.58 bits per heavy atom. The van der Waals surface area contributed by atoms with Crippen LogP contribution in [0.1, 0.15) is 13.3 Å². The maximum atomic E-state index is 12.7. The van der Waals surface area contributed by atoms with Crippen molar-refractivity contribution in [2.24, 2.45) is 0 Å². The Kier molecular flexibility index (Phi) is 1.55. The van der Waals surface area contributed by atoms with E-state index in [4.69, 9.17) is 0 Å². The number of carbonyl (C=O) groups is 1. The minimum atomic E-state index is -4.89. The van der Waals surface area contributed by atoms with Gasteiger partial charge in [-0.05, 0) is 6.92 Å². The highest BCUT2D eigenvalue weighted by molar-refractivity contribution is 5.92. The van der Waals surface area contributed by atoms with Crippen molar-refractivity contribution in [2.75, 3.05) is 0 Å². The van der Waals surface area contributed by atoms with E-state index < -0.39 is 29.7 Å². The third kappa shape index (κ3) is 0.804. The number of hydrogen-bond donors (Lipinski definition) is 0. The molecule has 1 saturated carbocycles. The van der Waals surface area contributed by atoms with E-state index in [1.807, 2.05) is 0 Å². The highest BCUT2D eigenvalue weighted by atomic mass is 19.3. The van der Waals surface area contributed by atoms with Gasteiger partial charge in [0.15, 0.2) is 5.78 Å². The molecule has 0 radical (unpaired) electrons. The monoisotopic (exact) mass is 188 g/mol. The standard InChI is InChI=1S/C6H5F5O/c1-4(7)3(12)2-5(8,9)6(4,10)11/h2H2,1H3/t4-/m1/s1. The summed E-state index contributed by atoms with van der Waals surface area (Å²) >= 11 is 0. The van der Waals surface area contributed by atoms with Crippen LogP contribution in [-0.2, 0) is 4.79 Å². The van der Waals surface area contributed by atoms with E-state index in [-0.39, 0.29) is 6.92 Å². The van der Waals surface area contributed by atoms with E-state index in [9.17, 15) is 26.7 Å². The molecule has 70 valence electrons. The number of alkyl halides is 5. The van der Waals surface area contributed by atoms with Crippen molar-refractivity contribution >= 4 is 5.78 Å². The maximum Gasteiger partial charge on any atom is 0.350 e. The quantitative estimate of drug-likeness (QED) is 0.531. The fraction of sp³-hybridized carbons (Fsp3) is 0.833. The minimum absolute atomic E-state index is 0.177. The molecule has 0 aromatic rings. The fourth-order valence-electron chi connectivity index (χ4n) is 0.997. The molecular weight excluding hydrogens is 183 g/mol. The van der Waals surface area contributed by atoms with Gasteiger partial charge in [-0.2, -0.15) is 17.6 Å². The number of carbonyl (C=O) groups excluding carboxylic acids is 1. The molecule has 0 aromatic carbocycles. The van der Waals surface area contributed by atoms with Crippen LogP contribution in [-0.4, -0.2) is 23.3 Å². The van der Waals surface area contributed by atoms with Crippen LogP contribution in [0.2, 0.25) is 0 Å². The average Bonchev–Trinajstić information content (AvgIpc) is 1.92. The first-order valence-electron chi connectivity index (χ1n) is 3.11. The van der Waals surface area contributed by atoms with Crippen LogP contribution < -0.4 is 0 Å². The first-order chi connectivity index (χ1) is 5.13. The number of halogens is 5. The lowest BCUT2D eigenvalue weighted by Gasteiger charge is -2.24. The molecule has 12 heavy (non-hydrogen) atoms. The molecule has 1 rings (SSSR count). The van der Waals surface area contributed by atoms with Crippen molar-refractivity contribution < 1.29 is 26.7 Å². The molecule has 0 aliphatic heterocycles. The lowest BCUT2D eigenvalue weighted by molar-refractivity contribution is -0.230. The van der Waals surface area contributed by atoms with Crippen molar-refractivity contribution in [2.45, 2.75) is 30.9 Å². The number of Topliss-reactive ketones (excluding diaryl/α,β-unsaturated/α-hetero) is 1. The summed E-state index contributed by atoms with van der Waals surface area (Å²) in [4.78, 5) is 10.4. The smallest absolute Gasteiger partial charge is 0.296 e. The van der Waals surface area contributed by atoms with Crippen molar-refractivity contribution in [3.8, 4) is 0 Å². The highest BCUT2D eigenvalue weighted by Crippen LogP contribution is 2.53. The Morgan fingerprint density at radius 3 is 1.67 bits per heavy atom. The van der Waals surface area contributed by atoms with Crippen LogP contribution in [0.4, 0.5) is 22.0 Å². The summed E-state index contributed by atoms with van der Waals surface area (Å²) in [7, 11) is 0. The number of hydrogen-bond acceptors (Lipinski definition) is 1. The van der Waals surface area contributed by atoms with Gasteiger partial charge in [0, 0.05) is 0 Å². The molecule has 1 fully saturated rings. The molecule has 0 heterocycles. The molecule has 0 spiro atoms. The van der Waals surface area contributed by atoms with Crippen LogP contribution in [0.25, 0.3) is 0 Å². The zero-order valence-corrected chi connectivity index (χ0v) is 6.01. The number of rotatable bonds is 0. The Bertz CT molecular complexity index is 232. The lowest BCUT2D eigenvalue weighted by Crippen LogP contribution is -2.49. The highest BCUT2D eigenvalue weighted by Gasteiger charge is 2.77. The fourth-order valence-corrected chi connectivity index (χ4v) is 0.997. The third-order valence-electron chi connectivity index (χ3n) is 1.96. The zero-order chi connectivity index (χ0) is 9.78. The zero-order valence-electron chi connectivity index (χ0n) is 6.01. The van der Waals surface area contributed by atoms with Crippen LogP contribution in [0.3, 0.4) is 0 Å². The molecule has 0 bridgehead atoms. The average molecular weight is 188 g/mol. The molecule has 6 heteroatoms. The van der Waals surface area contributed by atoms with Gasteiger partial charge in [-0.3, -0.25) is 4.79 Å². The third-order valence-corrected chi connectivity index (χ3v) is 1.96. The Morgan fingerprint density at radius 1 is 1.17 bits per heavy atom. The van der Waals surface area contributed by atoms with Gasteiger partial charge in [0.05, 0.1) is 6.42 Å². The van der Waals surface area contributed by atoms with Gasteiger partial charge in [-0.1, -0.05) is 0 Å². The van der Waals surface area contributed by atoms with Gasteiger partial charge in [0.25, 0.3) is 0 Å². The molecule has 0 amide bonds. The van der Waals surface area contributed by atoms with E-state index in [2.05, 4.69) is 0 Å². The van der Waals surface area contributed by atoms with Crippen LogP contribution >= 0.6 is 0 Å². The van der Waals surface area contributed by atoms with E-state index >= 15 is 0 Å². The maximum absolute atomic E-state index is 12.7. The molecule has 1 aliphatic carbocycles. The van der Waals surface area contributed by atoms with Gasteiger partial charge in [0.2, 0.25) is 5.67 Å². The summed E-state index contributed by atoms with van der Waals surface area (Å²) in [6.45, 7) is 0.177. The van der Waals surface area contributed by atoms with Gasteiger partial charge in [-0.25, -0.2) is 4.39 Å². The molecule has 1 nitrogen and oxygen atoms in total. The summed E-state index contributed by atoms with van der Waals surface area (Å²) in [6.07, 6.45) is -1.73. The van der Waals surface area contributed by atoms with E-state index in [1.165, 1.54) is 0 Å². The first kappa shape index (κ1) is 9.41. The van der Waals surface area contributed by atoms with E-state index in [0.29, 0.717) is 0 Å². The van der Waals surface area contributed by atoms with Crippen LogP contribution in [0, 0.1) is 0 Å². The topological polar surface area (TPSA) is 17.1 Å². The second-order valence-corrected chi connectivity index (χ2v) is 2.88. The van der Waals surface area contributed by atoms with E-state index in [0.717, 1.165) is 0 Å². The molecule has 0 aromatic heterocycles. The molecular formula is C6H5F5O. The van der Waals surface area contributed by atoms with Gasteiger partial charge in [-0.15, -0.1) is 0 Å². The SMILES string of the molecule is C[C@@]1(F)C(=O)CC(F)(F)C1(F)F. The summed E-state index contributed by atoms with van der Waals surface area (Å²) < 4.78 is 62.0. The van der Waals surface area contributed by atoms with Crippen molar-refractivity contribution in [1.82, 2.24) is 0 Å². The van der Waals surface area contributed by atoms with Crippen LogP contribution in [0.5, 0.6) is 0 Å². The Balaban J connectivity index is 3.19. The van der Waals surface area contributed by atoms with E-state index in [1.54, 1.807) is 0 Å². The molecule has 1 atom stereocenters. The Labute approximate surface area is 64.5 Å². The second kappa shape index (κ2) is 1.97. The van der Waals surface area contributed by atoms with Gasteiger partial charge >= 0.3 is 11.8 Å². The van der Waals surface area contributed by atoms with Crippen molar-refractivity contribution in [1.29, 1.82) is 0 Å². The van der Waals surface area contributed by atoms with Gasteiger partial charge in [0.1, 0.15) is 0 Å². The summed E-state index contributed by atoms with van der Waals surface area (Å²) in [5.41, 5.74) is -3.74. The summed E-state index contributed by atoms with van der Waals surface area (Å²) in [5.74, 6) is -11.2. The molecule has 1 aliphatic rings. The lowest BCUT2D eigenvalue weighted by atomic mass is 10.0. The molecule has 0 N–H and O–H groups in total. The normalized spacial score (nSPS) is 38.7. The summed E-state index contributed by atoms with van der Waals surface area (Å²) in [6, 6.07) is 0. The molecule has 0 saturated heterocycles. The number of ketones is 1. The summed E-state index contributed by atoms with van der Waals surface area (Å²) in [5, 5.41) is 0. The van der Waals surface area contributed by atoms with Gasteiger partial charge < -0.3 is 0 Å². The predicted molar refractivity (Wildman–Crippen MR) is 29.0 cm³/mol. The van der Waals surface area contributed by atoms with Crippen LogP contribution in [0.15, 0.2) is 0 Å². The van der Waals surface area contributed by atoms with Crippen molar-refractivity contribution in [3.05, 3.63) is 0 Å². The first-order valence-corrected chi connectivity index (χ1v) is 3.11. The Hall–Kier alpha value is -0.680. The minimum Gasteiger partial charge on any atom is -0.296 e. The second-order valence-electron chi connectivity index (χ2n) is 2.88. The largest absolute Gasteiger partial charge is 0.350 e.